The van der Waals surface area contributed by atoms with Crippen LogP contribution >= 0.6 is 22.7 Å². The third kappa shape index (κ3) is 6.87. The van der Waals surface area contributed by atoms with E-state index >= 15 is 0 Å². The molecule has 12 aromatic rings. The van der Waals surface area contributed by atoms with Crippen LogP contribution in [0.15, 0.2) is 231 Å². The molecule has 0 aliphatic carbocycles. The second-order valence-electron chi connectivity index (χ2n) is 15.9. The SMILES string of the molecule is c1ccc(-c2ccc(N(c3ccc(-c4ccc5c(c4)sc4ccc6nc(-c7ccccc7)sc6c45)cc3)c3ccc(-c4ccccc4)cc3-c3ccc4ccccc4c3)cc2)cc1. The first kappa shape index (κ1) is 37.2. The van der Waals surface area contributed by atoms with Crippen molar-refractivity contribution in [2.24, 2.45) is 0 Å². The molecule has 0 atom stereocenters. The fraction of sp³-hybridized carbons (Fsp3) is 0. The molecule has 0 bridgehead atoms. The molecule has 4 heteroatoms. The van der Waals surface area contributed by atoms with Crippen LogP contribution in [-0.4, -0.2) is 4.98 Å². The quantitative estimate of drug-likeness (QED) is 0.152. The minimum absolute atomic E-state index is 1.06. The summed E-state index contributed by atoms with van der Waals surface area (Å²) in [6.07, 6.45) is 0. The first-order valence-corrected chi connectivity index (χ1v) is 22.9. The van der Waals surface area contributed by atoms with E-state index in [9.17, 15) is 0 Å². The van der Waals surface area contributed by atoms with Crippen LogP contribution in [0, 0.1) is 0 Å². The summed E-state index contributed by atoms with van der Waals surface area (Å²) in [5.41, 5.74) is 15.0. The second-order valence-corrected chi connectivity index (χ2v) is 18.0. The lowest BCUT2D eigenvalue weighted by atomic mass is 9.94. The third-order valence-electron chi connectivity index (χ3n) is 12.1. The molecular weight excluding hydrogens is 801 g/mol. The summed E-state index contributed by atoms with van der Waals surface area (Å²) in [4.78, 5) is 7.45. The van der Waals surface area contributed by atoms with Crippen LogP contribution in [0.3, 0.4) is 0 Å². The second kappa shape index (κ2) is 15.7. The van der Waals surface area contributed by atoms with Crippen molar-refractivity contribution in [2.75, 3.05) is 4.90 Å². The zero-order valence-corrected chi connectivity index (χ0v) is 35.8. The average molecular weight is 839 g/mol. The Hall–Kier alpha value is -7.63. The summed E-state index contributed by atoms with van der Waals surface area (Å²) in [6, 6.07) is 83.6. The molecule has 0 fully saturated rings. The number of hydrogen-bond acceptors (Lipinski definition) is 4. The van der Waals surface area contributed by atoms with E-state index in [0.717, 1.165) is 33.1 Å². The predicted molar refractivity (Wildman–Crippen MR) is 272 cm³/mol. The Bertz CT molecular complexity index is 3590. The van der Waals surface area contributed by atoms with E-state index in [-0.39, 0.29) is 0 Å². The van der Waals surface area contributed by atoms with Crippen molar-refractivity contribution in [2.45, 2.75) is 0 Å². The van der Waals surface area contributed by atoms with Crippen LogP contribution in [0.5, 0.6) is 0 Å². The maximum Gasteiger partial charge on any atom is 0.124 e. The van der Waals surface area contributed by atoms with E-state index in [1.165, 1.54) is 80.2 Å². The number of thiophene rings is 1. The Labute approximate surface area is 374 Å². The number of aromatic nitrogens is 1. The first-order chi connectivity index (χ1) is 31.2. The molecule has 0 radical (unpaired) electrons. The Balaban J connectivity index is 0.972. The molecule has 296 valence electrons. The van der Waals surface area contributed by atoms with Crippen molar-refractivity contribution in [3.8, 4) is 55.1 Å². The number of thiazole rings is 1. The Kier molecular flexibility index (Phi) is 9.25. The third-order valence-corrected chi connectivity index (χ3v) is 14.4. The molecule has 0 spiro atoms. The van der Waals surface area contributed by atoms with E-state index in [2.05, 4.69) is 235 Å². The topological polar surface area (TPSA) is 16.1 Å². The molecule has 0 amide bonds. The largest absolute Gasteiger partial charge is 0.310 e. The molecule has 2 nitrogen and oxygen atoms in total. The molecule has 0 saturated heterocycles. The fourth-order valence-electron chi connectivity index (χ4n) is 8.92. The minimum Gasteiger partial charge on any atom is -0.310 e. The molecule has 0 saturated carbocycles. The van der Waals surface area contributed by atoms with Gasteiger partial charge in [-0.1, -0.05) is 170 Å². The summed E-state index contributed by atoms with van der Waals surface area (Å²) in [6.45, 7) is 0. The van der Waals surface area contributed by atoms with Crippen molar-refractivity contribution >= 4 is 80.9 Å². The summed E-state index contributed by atoms with van der Waals surface area (Å²) in [5.74, 6) is 0. The van der Waals surface area contributed by atoms with Gasteiger partial charge in [-0.2, -0.15) is 0 Å². The highest BCUT2D eigenvalue weighted by molar-refractivity contribution is 7.28. The number of anilines is 3. The molecule has 12 rings (SSSR count). The predicted octanol–water partition coefficient (Wildman–Crippen LogP) is 17.6. The van der Waals surface area contributed by atoms with Gasteiger partial charge in [0.05, 0.1) is 15.9 Å². The Morgan fingerprint density at radius 3 is 1.59 bits per heavy atom. The van der Waals surface area contributed by atoms with Crippen LogP contribution in [0.4, 0.5) is 17.1 Å². The molecule has 0 aliphatic rings. The van der Waals surface area contributed by atoms with Gasteiger partial charge in [0.25, 0.3) is 0 Å². The highest BCUT2D eigenvalue weighted by Gasteiger charge is 2.20. The van der Waals surface area contributed by atoms with Gasteiger partial charge in [0, 0.05) is 42.7 Å². The number of benzene rings is 10. The molecule has 2 aromatic heterocycles. The van der Waals surface area contributed by atoms with Crippen LogP contribution in [0.1, 0.15) is 0 Å². The summed E-state index contributed by atoms with van der Waals surface area (Å²) >= 11 is 3.65. The normalized spacial score (nSPS) is 11.5. The molecule has 63 heavy (non-hydrogen) atoms. The van der Waals surface area contributed by atoms with Crippen molar-refractivity contribution in [3.63, 3.8) is 0 Å². The summed E-state index contributed by atoms with van der Waals surface area (Å²) < 4.78 is 3.83. The van der Waals surface area contributed by atoms with Crippen molar-refractivity contribution in [3.05, 3.63) is 231 Å². The molecule has 0 unspecified atom stereocenters. The zero-order chi connectivity index (χ0) is 41.7. The monoisotopic (exact) mass is 838 g/mol. The number of hydrogen-bond donors (Lipinski definition) is 0. The number of fused-ring (bicyclic) bond motifs is 6. The lowest BCUT2D eigenvalue weighted by molar-refractivity contribution is 1.28. The fourth-order valence-corrected chi connectivity index (χ4v) is 11.3. The maximum atomic E-state index is 5.04. The standard InChI is InChI=1S/C59H38N2S2/c1-4-12-39(13-5-1)42-22-28-49(29-23-42)61(54-34-27-46(40-14-6-2-7-15-40)37-52(54)48-21-20-41-16-10-11-19-45(41)36-48)50-30-24-43(25-31-50)47-26-32-51-56(38-47)62-55-35-33-53-58(57(51)55)63-59(60-53)44-17-8-3-9-18-44/h1-38H. The van der Waals surface area contributed by atoms with E-state index in [0.29, 0.717) is 0 Å². The van der Waals surface area contributed by atoms with Crippen molar-refractivity contribution in [1.29, 1.82) is 0 Å². The first-order valence-electron chi connectivity index (χ1n) is 21.3. The molecule has 0 N–H and O–H groups in total. The highest BCUT2D eigenvalue weighted by Crippen LogP contribution is 2.46. The van der Waals surface area contributed by atoms with Crippen LogP contribution in [-0.2, 0) is 0 Å². The smallest absolute Gasteiger partial charge is 0.124 e. The van der Waals surface area contributed by atoms with E-state index in [1.807, 2.05) is 11.3 Å². The van der Waals surface area contributed by atoms with Gasteiger partial charge in [-0.15, -0.1) is 22.7 Å². The van der Waals surface area contributed by atoms with Gasteiger partial charge < -0.3 is 4.90 Å². The lowest BCUT2D eigenvalue weighted by Gasteiger charge is -2.29. The van der Waals surface area contributed by atoms with Gasteiger partial charge in [0.2, 0.25) is 0 Å². The van der Waals surface area contributed by atoms with Crippen LogP contribution in [0.2, 0.25) is 0 Å². The molecular formula is C59H38N2S2. The van der Waals surface area contributed by atoms with Crippen LogP contribution in [0.25, 0.3) is 96.2 Å². The van der Waals surface area contributed by atoms with Gasteiger partial charge in [0.15, 0.2) is 0 Å². The van der Waals surface area contributed by atoms with Crippen molar-refractivity contribution < 1.29 is 0 Å². The van der Waals surface area contributed by atoms with E-state index < -0.39 is 0 Å². The Morgan fingerprint density at radius 1 is 0.349 bits per heavy atom. The summed E-state index contributed by atoms with van der Waals surface area (Å²) in [5, 5.41) is 6.11. The highest BCUT2D eigenvalue weighted by atomic mass is 32.1. The van der Waals surface area contributed by atoms with Crippen molar-refractivity contribution in [1.82, 2.24) is 4.98 Å². The minimum atomic E-state index is 1.06. The molecule has 2 heterocycles. The number of rotatable bonds is 8. The van der Waals surface area contributed by atoms with E-state index in [4.69, 9.17) is 4.98 Å². The lowest BCUT2D eigenvalue weighted by Crippen LogP contribution is -2.11. The van der Waals surface area contributed by atoms with E-state index in [1.54, 1.807) is 11.3 Å². The summed E-state index contributed by atoms with van der Waals surface area (Å²) in [7, 11) is 0. The van der Waals surface area contributed by atoms with Crippen LogP contribution < -0.4 is 4.90 Å². The van der Waals surface area contributed by atoms with Gasteiger partial charge >= 0.3 is 0 Å². The Morgan fingerprint density at radius 2 is 0.889 bits per heavy atom. The molecule has 10 aromatic carbocycles. The maximum absolute atomic E-state index is 5.04. The number of nitrogens with zero attached hydrogens (tertiary/aromatic N) is 2. The average Bonchev–Trinajstić information content (AvgIpc) is 3.97. The van der Waals surface area contributed by atoms with Gasteiger partial charge in [-0.05, 0) is 110 Å². The van der Waals surface area contributed by atoms with Gasteiger partial charge in [-0.25, -0.2) is 4.98 Å². The van der Waals surface area contributed by atoms with Gasteiger partial charge in [0.1, 0.15) is 5.01 Å². The molecule has 0 aliphatic heterocycles. The zero-order valence-electron chi connectivity index (χ0n) is 34.2. The van der Waals surface area contributed by atoms with Gasteiger partial charge in [-0.3, -0.25) is 0 Å².